The first-order chi connectivity index (χ1) is 5.18. The third kappa shape index (κ3) is 5.85. The van der Waals surface area contributed by atoms with Gasteiger partial charge in [-0.15, -0.1) is 0 Å². The standard InChI is InChI=1S/C8H16NO2/c1-2-3-4-5-6-7(10)8(9)11/h6-7,10H,2-5H2,1H3,(H2,9,11). The molecular formula is C8H16NO2. The highest BCUT2D eigenvalue weighted by Gasteiger charge is 2.09. The number of primary amides is 1. The second kappa shape index (κ2) is 6.16. The maximum absolute atomic E-state index is 10.3. The third-order valence-corrected chi connectivity index (χ3v) is 1.49. The van der Waals surface area contributed by atoms with Crippen LogP contribution in [0.25, 0.3) is 0 Å². The van der Waals surface area contributed by atoms with Gasteiger partial charge >= 0.3 is 0 Å². The molecule has 1 atom stereocenters. The number of nitrogens with two attached hydrogens (primary N) is 1. The Hall–Kier alpha value is -0.570. The van der Waals surface area contributed by atoms with Gasteiger partial charge in [0.2, 0.25) is 5.91 Å². The Labute approximate surface area is 67.6 Å². The Kier molecular flexibility index (Phi) is 5.84. The monoisotopic (exact) mass is 158 g/mol. The van der Waals surface area contributed by atoms with Crippen LogP contribution in [0.5, 0.6) is 0 Å². The van der Waals surface area contributed by atoms with Gasteiger partial charge in [-0.3, -0.25) is 4.79 Å². The highest BCUT2D eigenvalue weighted by atomic mass is 16.3. The van der Waals surface area contributed by atoms with Gasteiger partial charge in [0, 0.05) is 0 Å². The fourth-order valence-electron chi connectivity index (χ4n) is 0.786. The van der Waals surface area contributed by atoms with E-state index in [9.17, 15) is 4.79 Å². The number of unbranched alkanes of at least 4 members (excludes halogenated alkanes) is 3. The summed E-state index contributed by atoms with van der Waals surface area (Å²) in [4.78, 5) is 10.3. The van der Waals surface area contributed by atoms with E-state index in [1.54, 1.807) is 6.42 Å². The first kappa shape index (κ1) is 10.4. The number of carbonyl (C=O) groups excluding carboxylic acids is 1. The first-order valence-electron chi connectivity index (χ1n) is 3.99. The highest BCUT2D eigenvalue weighted by Crippen LogP contribution is 2.03. The van der Waals surface area contributed by atoms with Crippen molar-refractivity contribution in [3.8, 4) is 0 Å². The van der Waals surface area contributed by atoms with Crippen molar-refractivity contribution in [2.24, 2.45) is 5.73 Å². The predicted octanol–water partition coefficient (Wildman–Crippen LogP) is 0.617. The van der Waals surface area contributed by atoms with E-state index in [1.165, 1.54) is 0 Å². The molecule has 0 bridgehead atoms. The Morgan fingerprint density at radius 3 is 2.73 bits per heavy atom. The van der Waals surface area contributed by atoms with Crippen LogP contribution in [0.2, 0.25) is 0 Å². The lowest BCUT2D eigenvalue weighted by molar-refractivity contribution is -0.124. The fourth-order valence-corrected chi connectivity index (χ4v) is 0.786. The summed E-state index contributed by atoms with van der Waals surface area (Å²) in [6.07, 6.45) is 4.53. The number of aliphatic hydroxyl groups is 1. The van der Waals surface area contributed by atoms with E-state index in [1.807, 2.05) is 0 Å². The number of amides is 1. The number of hydrogen-bond donors (Lipinski definition) is 2. The number of hydrogen-bond acceptors (Lipinski definition) is 2. The van der Waals surface area contributed by atoms with Gasteiger partial charge < -0.3 is 10.8 Å². The van der Waals surface area contributed by atoms with E-state index in [0.717, 1.165) is 25.7 Å². The third-order valence-electron chi connectivity index (χ3n) is 1.49. The molecule has 3 N–H and O–H groups in total. The van der Waals surface area contributed by atoms with Gasteiger partial charge in [-0.2, -0.15) is 0 Å². The average Bonchev–Trinajstić information content (AvgIpc) is 1.97. The van der Waals surface area contributed by atoms with E-state index in [2.05, 4.69) is 6.92 Å². The number of rotatable bonds is 6. The maximum Gasteiger partial charge on any atom is 0.246 e. The molecule has 0 fully saturated rings. The normalized spacial score (nSPS) is 12.9. The molecule has 0 aliphatic heterocycles. The van der Waals surface area contributed by atoms with Crippen LogP contribution in [0.3, 0.4) is 0 Å². The SMILES string of the molecule is CCCCC[CH]C(O)C(N)=O. The van der Waals surface area contributed by atoms with Gasteiger partial charge in [0.1, 0.15) is 6.10 Å². The summed E-state index contributed by atoms with van der Waals surface area (Å²) in [7, 11) is 0. The van der Waals surface area contributed by atoms with Gasteiger partial charge in [0.25, 0.3) is 0 Å². The fraction of sp³-hybridized carbons (Fsp3) is 0.750. The molecule has 1 radical (unpaired) electrons. The molecule has 3 nitrogen and oxygen atoms in total. The van der Waals surface area contributed by atoms with Gasteiger partial charge in [-0.1, -0.05) is 26.2 Å². The average molecular weight is 158 g/mol. The predicted molar refractivity (Wildman–Crippen MR) is 43.6 cm³/mol. The van der Waals surface area contributed by atoms with Crippen LogP contribution in [0.15, 0.2) is 0 Å². The second-order valence-corrected chi connectivity index (χ2v) is 2.58. The zero-order valence-corrected chi connectivity index (χ0v) is 6.92. The minimum Gasteiger partial charge on any atom is -0.383 e. The second-order valence-electron chi connectivity index (χ2n) is 2.58. The summed E-state index contributed by atoms with van der Waals surface area (Å²) < 4.78 is 0. The Morgan fingerprint density at radius 2 is 2.27 bits per heavy atom. The van der Waals surface area contributed by atoms with Crippen molar-refractivity contribution in [3.05, 3.63) is 6.42 Å². The topological polar surface area (TPSA) is 63.3 Å². The van der Waals surface area contributed by atoms with Gasteiger partial charge in [-0.05, 0) is 12.8 Å². The highest BCUT2D eigenvalue weighted by molar-refractivity contribution is 5.79. The molecular weight excluding hydrogens is 142 g/mol. The smallest absolute Gasteiger partial charge is 0.246 e. The molecule has 0 heterocycles. The molecule has 65 valence electrons. The molecule has 1 unspecified atom stereocenters. The summed E-state index contributed by atoms with van der Waals surface area (Å²) in [5.74, 6) is -0.665. The molecule has 0 aromatic carbocycles. The molecule has 0 aromatic heterocycles. The summed E-state index contributed by atoms with van der Waals surface area (Å²) in [5.41, 5.74) is 4.83. The number of carbonyl (C=O) groups is 1. The van der Waals surface area contributed by atoms with E-state index in [4.69, 9.17) is 10.8 Å². The van der Waals surface area contributed by atoms with Gasteiger partial charge in [0.05, 0.1) is 0 Å². The lowest BCUT2D eigenvalue weighted by atomic mass is 10.1. The van der Waals surface area contributed by atoms with E-state index in [-0.39, 0.29) is 0 Å². The van der Waals surface area contributed by atoms with Crippen molar-refractivity contribution in [1.29, 1.82) is 0 Å². The molecule has 0 saturated heterocycles. The van der Waals surface area contributed by atoms with Crippen molar-refractivity contribution < 1.29 is 9.90 Å². The van der Waals surface area contributed by atoms with Crippen LogP contribution in [0.1, 0.15) is 32.6 Å². The first-order valence-corrected chi connectivity index (χ1v) is 3.99. The molecule has 3 heteroatoms. The summed E-state index contributed by atoms with van der Waals surface area (Å²) in [5, 5.41) is 8.90. The van der Waals surface area contributed by atoms with Crippen LogP contribution in [-0.2, 0) is 4.79 Å². The van der Waals surface area contributed by atoms with Crippen molar-refractivity contribution in [2.75, 3.05) is 0 Å². The molecule has 1 amide bonds. The molecule has 0 rings (SSSR count). The van der Waals surface area contributed by atoms with Crippen molar-refractivity contribution in [1.82, 2.24) is 0 Å². The largest absolute Gasteiger partial charge is 0.383 e. The van der Waals surface area contributed by atoms with Crippen LogP contribution < -0.4 is 5.73 Å². The van der Waals surface area contributed by atoms with Crippen molar-refractivity contribution >= 4 is 5.91 Å². The Morgan fingerprint density at radius 1 is 1.64 bits per heavy atom. The van der Waals surface area contributed by atoms with Gasteiger partial charge in [-0.25, -0.2) is 0 Å². The summed E-state index contributed by atoms with van der Waals surface area (Å²) in [6, 6.07) is 0. The maximum atomic E-state index is 10.3. The van der Waals surface area contributed by atoms with Crippen molar-refractivity contribution in [2.45, 2.75) is 38.7 Å². The molecule has 11 heavy (non-hydrogen) atoms. The molecule has 0 spiro atoms. The zero-order valence-electron chi connectivity index (χ0n) is 6.92. The lowest BCUT2D eigenvalue weighted by Gasteiger charge is -2.03. The lowest BCUT2D eigenvalue weighted by Crippen LogP contribution is -2.28. The quantitative estimate of drug-likeness (QED) is 0.556. The van der Waals surface area contributed by atoms with Crippen molar-refractivity contribution in [3.63, 3.8) is 0 Å². The number of aliphatic hydroxyl groups excluding tert-OH is 1. The van der Waals surface area contributed by atoms with Crippen LogP contribution in [0.4, 0.5) is 0 Å². The minimum atomic E-state index is -1.06. The molecule has 0 aromatic rings. The Balaban J connectivity index is 3.17. The minimum absolute atomic E-state index is 0.665. The van der Waals surface area contributed by atoms with Gasteiger partial charge in [0.15, 0.2) is 0 Å². The van der Waals surface area contributed by atoms with E-state index < -0.39 is 12.0 Å². The Bertz CT molecular complexity index is 115. The van der Waals surface area contributed by atoms with Crippen LogP contribution >= 0.6 is 0 Å². The summed E-state index contributed by atoms with van der Waals surface area (Å²) >= 11 is 0. The van der Waals surface area contributed by atoms with Crippen LogP contribution in [0, 0.1) is 6.42 Å². The molecule has 0 saturated carbocycles. The molecule has 0 aliphatic rings. The summed E-state index contributed by atoms with van der Waals surface area (Å²) in [6.45, 7) is 2.10. The molecule has 0 aliphatic carbocycles. The van der Waals surface area contributed by atoms with E-state index >= 15 is 0 Å². The van der Waals surface area contributed by atoms with E-state index in [0.29, 0.717) is 0 Å². The zero-order chi connectivity index (χ0) is 8.69. The van der Waals surface area contributed by atoms with Crippen LogP contribution in [-0.4, -0.2) is 17.1 Å².